The summed E-state index contributed by atoms with van der Waals surface area (Å²) in [4.78, 5) is 16.6. The molecule has 0 bridgehead atoms. The van der Waals surface area contributed by atoms with Crippen LogP contribution in [0.15, 0.2) is 77.3 Å². The Balaban J connectivity index is 1.42. The fourth-order valence-corrected chi connectivity index (χ4v) is 3.00. The number of aromatic nitrogens is 2. The molecule has 0 saturated carbocycles. The van der Waals surface area contributed by atoms with E-state index < -0.39 is 0 Å². The number of methoxy groups -OCH3 is 1. The van der Waals surface area contributed by atoms with Crippen molar-refractivity contribution in [2.75, 3.05) is 19.0 Å². The van der Waals surface area contributed by atoms with Crippen LogP contribution in [0.5, 0.6) is 11.5 Å². The summed E-state index contributed by atoms with van der Waals surface area (Å²) in [6, 6.07) is 21.4. The minimum absolute atomic E-state index is 0.169. The van der Waals surface area contributed by atoms with Crippen LogP contribution in [-0.4, -0.2) is 29.8 Å². The first-order chi connectivity index (χ1) is 15.1. The summed E-state index contributed by atoms with van der Waals surface area (Å²) in [5.74, 6) is 1.73. The second kappa shape index (κ2) is 9.32. The molecule has 0 saturated heterocycles. The molecule has 1 amide bonds. The fourth-order valence-electron chi connectivity index (χ4n) is 2.81. The van der Waals surface area contributed by atoms with Gasteiger partial charge in [0, 0.05) is 11.1 Å². The molecule has 156 valence electrons. The second-order valence-corrected chi connectivity index (χ2v) is 6.90. The lowest BCUT2D eigenvalue weighted by Crippen LogP contribution is -2.20. The number of hydrogen-bond donors (Lipinski definition) is 1. The third-order valence-corrected chi connectivity index (χ3v) is 4.70. The zero-order valence-electron chi connectivity index (χ0n) is 16.5. The number of rotatable bonds is 7. The number of nitrogens with zero attached hydrogens (tertiary/aromatic N) is 2. The van der Waals surface area contributed by atoms with Crippen LogP contribution in [0.2, 0.25) is 5.02 Å². The van der Waals surface area contributed by atoms with Gasteiger partial charge in [0.25, 0.3) is 11.8 Å². The minimum atomic E-state index is -0.320. The molecule has 1 aromatic heterocycles. The zero-order chi connectivity index (χ0) is 21.6. The number of ether oxygens (including phenoxy) is 2. The van der Waals surface area contributed by atoms with Gasteiger partial charge in [0.1, 0.15) is 11.5 Å². The lowest BCUT2D eigenvalue weighted by molar-refractivity contribution is -0.118. The third-order valence-electron chi connectivity index (χ3n) is 4.37. The molecule has 0 fully saturated rings. The number of halogens is 1. The molecule has 0 aliphatic heterocycles. The van der Waals surface area contributed by atoms with Gasteiger partial charge in [-0.15, -0.1) is 0 Å². The summed E-state index contributed by atoms with van der Waals surface area (Å²) in [7, 11) is 1.61. The lowest BCUT2D eigenvalue weighted by atomic mass is 10.2. The maximum Gasteiger partial charge on any atom is 0.262 e. The van der Waals surface area contributed by atoms with E-state index in [1.807, 2.05) is 30.3 Å². The summed E-state index contributed by atoms with van der Waals surface area (Å²) in [6.07, 6.45) is 0. The first-order valence-corrected chi connectivity index (χ1v) is 9.76. The fraction of sp³-hybridized carbons (Fsp3) is 0.0870. The highest BCUT2D eigenvalue weighted by Crippen LogP contribution is 2.26. The van der Waals surface area contributed by atoms with E-state index in [1.54, 1.807) is 49.6 Å². The van der Waals surface area contributed by atoms with Crippen LogP contribution < -0.4 is 14.8 Å². The molecule has 1 heterocycles. The van der Waals surface area contributed by atoms with E-state index in [1.165, 1.54) is 0 Å². The average Bonchev–Trinajstić information content (AvgIpc) is 3.30. The van der Waals surface area contributed by atoms with Gasteiger partial charge in [0.2, 0.25) is 5.82 Å². The number of para-hydroxylation sites is 1. The van der Waals surface area contributed by atoms with E-state index in [2.05, 4.69) is 15.5 Å². The molecule has 7 nitrogen and oxygen atoms in total. The molecule has 0 unspecified atom stereocenters. The molecular formula is C23H18ClN3O4. The first-order valence-electron chi connectivity index (χ1n) is 9.38. The molecule has 31 heavy (non-hydrogen) atoms. The third kappa shape index (κ3) is 5.02. The Morgan fingerprint density at radius 3 is 2.58 bits per heavy atom. The van der Waals surface area contributed by atoms with Crippen LogP contribution in [0.4, 0.5) is 5.69 Å². The van der Waals surface area contributed by atoms with E-state index in [0.29, 0.717) is 33.7 Å². The van der Waals surface area contributed by atoms with Gasteiger partial charge in [-0.2, -0.15) is 4.98 Å². The van der Waals surface area contributed by atoms with Crippen molar-refractivity contribution < 1.29 is 18.8 Å². The molecule has 1 N–H and O–H groups in total. The Morgan fingerprint density at radius 2 is 1.81 bits per heavy atom. The standard InChI is InChI=1S/C23H18ClN3O4/c1-29-17-11-9-15(10-12-17)23-26-22(27-31-23)16-5-4-6-18(13-16)30-14-21(28)25-20-8-3-2-7-19(20)24/h2-13H,14H2,1H3,(H,25,28). The average molecular weight is 436 g/mol. The van der Waals surface area contributed by atoms with Gasteiger partial charge in [-0.3, -0.25) is 4.79 Å². The monoisotopic (exact) mass is 435 g/mol. The molecule has 0 aliphatic rings. The van der Waals surface area contributed by atoms with Gasteiger partial charge in [-0.1, -0.05) is 41.0 Å². The molecule has 0 radical (unpaired) electrons. The largest absolute Gasteiger partial charge is 0.497 e. The molecule has 8 heteroatoms. The number of carbonyl (C=O) groups excluding carboxylic acids is 1. The molecular weight excluding hydrogens is 418 g/mol. The number of carbonyl (C=O) groups is 1. The SMILES string of the molecule is COc1ccc(-c2nc(-c3cccc(OCC(=O)Nc4ccccc4Cl)c3)no2)cc1. The number of amides is 1. The molecule has 0 aliphatic carbocycles. The molecule has 4 rings (SSSR count). The normalized spacial score (nSPS) is 10.5. The summed E-state index contributed by atoms with van der Waals surface area (Å²) in [6.45, 7) is -0.169. The highest BCUT2D eigenvalue weighted by Gasteiger charge is 2.12. The number of benzene rings is 3. The predicted molar refractivity (Wildman–Crippen MR) is 117 cm³/mol. The highest BCUT2D eigenvalue weighted by molar-refractivity contribution is 6.33. The topological polar surface area (TPSA) is 86.5 Å². The molecule has 0 atom stereocenters. The van der Waals surface area contributed by atoms with Crippen LogP contribution in [-0.2, 0) is 4.79 Å². The van der Waals surface area contributed by atoms with Crippen molar-refractivity contribution in [3.63, 3.8) is 0 Å². The van der Waals surface area contributed by atoms with Crippen molar-refractivity contribution in [3.05, 3.63) is 77.8 Å². The van der Waals surface area contributed by atoms with E-state index in [0.717, 1.165) is 11.3 Å². The molecule has 3 aromatic carbocycles. The Kier molecular flexibility index (Phi) is 6.14. The van der Waals surface area contributed by atoms with Crippen LogP contribution >= 0.6 is 11.6 Å². The van der Waals surface area contributed by atoms with E-state index >= 15 is 0 Å². The van der Waals surface area contributed by atoms with Crippen molar-refractivity contribution in [1.82, 2.24) is 10.1 Å². The Labute approximate surface area is 183 Å². The van der Waals surface area contributed by atoms with Crippen LogP contribution in [0.1, 0.15) is 0 Å². The molecule has 0 spiro atoms. The predicted octanol–water partition coefficient (Wildman–Crippen LogP) is 5.08. The van der Waals surface area contributed by atoms with Crippen molar-refractivity contribution in [2.45, 2.75) is 0 Å². The van der Waals surface area contributed by atoms with Gasteiger partial charge in [-0.05, 0) is 48.5 Å². The van der Waals surface area contributed by atoms with E-state index in [-0.39, 0.29) is 12.5 Å². The maximum atomic E-state index is 12.2. The summed E-state index contributed by atoms with van der Waals surface area (Å²) in [5.41, 5.74) is 2.01. The highest BCUT2D eigenvalue weighted by atomic mass is 35.5. The zero-order valence-corrected chi connectivity index (χ0v) is 17.3. The summed E-state index contributed by atoms with van der Waals surface area (Å²) < 4.78 is 16.1. The first kappa shape index (κ1) is 20.4. The number of anilines is 1. The van der Waals surface area contributed by atoms with Crippen LogP contribution in [0, 0.1) is 0 Å². The Morgan fingerprint density at radius 1 is 1.00 bits per heavy atom. The van der Waals surface area contributed by atoms with Crippen LogP contribution in [0.3, 0.4) is 0 Å². The smallest absolute Gasteiger partial charge is 0.262 e. The van der Waals surface area contributed by atoms with Crippen LogP contribution in [0.25, 0.3) is 22.8 Å². The van der Waals surface area contributed by atoms with E-state index in [4.69, 9.17) is 25.6 Å². The van der Waals surface area contributed by atoms with Gasteiger partial charge < -0.3 is 19.3 Å². The molecule has 4 aromatic rings. The lowest BCUT2D eigenvalue weighted by Gasteiger charge is -2.09. The van der Waals surface area contributed by atoms with Crippen molar-refractivity contribution in [3.8, 4) is 34.3 Å². The van der Waals surface area contributed by atoms with Crippen molar-refractivity contribution in [1.29, 1.82) is 0 Å². The van der Waals surface area contributed by atoms with Crippen molar-refractivity contribution in [2.24, 2.45) is 0 Å². The number of nitrogens with one attached hydrogen (secondary N) is 1. The number of hydrogen-bond acceptors (Lipinski definition) is 6. The summed E-state index contributed by atoms with van der Waals surface area (Å²) >= 11 is 6.05. The van der Waals surface area contributed by atoms with Gasteiger partial charge in [-0.25, -0.2) is 0 Å². The van der Waals surface area contributed by atoms with Gasteiger partial charge in [0.15, 0.2) is 6.61 Å². The Bertz CT molecular complexity index is 1190. The quantitative estimate of drug-likeness (QED) is 0.435. The minimum Gasteiger partial charge on any atom is -0.497 e. The maximum absolute atomic E-state index is 12.2. The van der Waals surface area contributed by atoms with Gasteiger partial charge >= 0.3 is 0 Å². The summed E-state index contributed by atoms with van der Waals surface area (Å²) in [5, 5.41) is 7.21. The van der Waals surface area contributed by atoms with E-state index in [9.17, 15) is 4.79 Å². The second-order valence-electron chi connectivity index (χ2n) is 6.50. The van der Waals surface area contributed by atoms with Crippen molar-refractivity contribution >= 4 is 23.2 Å². The Hall–Kier alpha value is -3.84. The van der Waals surface area contributed by atoms with Gasteiger partial charge in [0.05, 0.1) is 17.8 Å².